The van der Waals surface area contributed by atoms with Gasteiger partial charge in [-0.05, 0) is 43.4 Å². The van der Waals surface area contributed by atoms with Gasteiger partial charge in [-0.3, -0.25) is 4.79 Å². The molecule has 1 aliphatic rings. The van der Waals surface area contributed by atoms with E-state index in [-0.39, 0.29) is 17.7 Å². The Balaban J connectivity index is 1.40. The smallest absolute Gasteiger partial charge is 0.277 e. The van der Waals surface area contributed by atoms with E-state index in [0.717, 1.165) is 30.6 Å². The van der Waals surface area contributed by atoms with E-state index in [1.165, 1.54) is 22.9 Å². The number of rotatable bonds is 5. The number of hydrogen-bond donors (Lipinski definition) is 0. The van der Waals surface area contributed by atoms with E-state index in [1.807, 2.05) is 24.9 Å². The molecule has 1 amide bonds. The van der Waals surface area contributed by atoms with Gasteiger partial charge in [0.1, 0.15) is 5.76 Å². The number of fused-ring (bicyclic) bond motifs is 1. The van der Waals surface area contributed by atoms with Crippen LogP contribution >= 0.6 is 11.8 Å². The molecule has 7 heteroatoms. The number of thioether (sulfide) groups is 1. The van der Waals surface area contributed by atoms with Crippen LogP contribution in [0.4, 0.5) is 0 Å². The van der Waals surface area contributed by atoms with Gasteiger partial charge in [-0.2, -0.15) is 0 Å². The van der Waals surface area contributed by atoms with Gasteiger partial charge in [-0.1, -0.05) is 36.0 Å². The number of carbonyl (C=O) groups is 1. The second-order valence-corrected chi connectivity index (χ2v) is 7.59. The molecule has 0 saturated carbocycles. The summed E-state index contributed by atoms with van der Waals surface area (Å²) in [4.78, 5) is 14.6. The lowest BCUT2D eigenvalue weighted by Crippen LogP contribution is -2.34. The zero-order chi connectivity index (χ0) is 18.8. The highest BCUT2D eigenvalue weighted by atomic mass is 32.2. The van der Waals surface area contributed by atoms with Crippen LogP contribution in [0.25, 0.3) is 11.5 Å². The molecule has 3 aromatic rings. The number of benzene rings is 1. The number of furan rings is 1. The molecular weight excluding hydrogens is 362 g/mol. The number of amides is 1. The Morgan fingerprint density at radius 1 is 1.30 bits per heavy atom. The highest BCUT2D eigenvalue weighted by Crippen LogP contribution is 2.34. The van der Waals surface area contributed by atoms with Gasteiger partial charge in [0.05, 0.1) is 23.6 Å². The summed E-state index contributed by atoms with van der Waals surface area (Å²) < 4.78 is 10.9. The SMILES string of the molecule is Cc1occc1-c1nnc(SCC(=O)N(C)[C@H]2CCCc3ccccc32)o1. The summed E-state index contributed by atoms with van der Waals surface area (Å²) >= 11 is 1.26. The molecule has 1 atom stereocenters. The fraction of sp³-hybridized carbons (Fsp3) is 0.350. The lowest BCUT2D eigenvalue weighted by atomic mass is 9.87. The summed E-state index contributed by atoms with van der Waals surface area (Å²) in [5.74, 6) is 1.45. The van der Waals surface area contributed by atoms with E-state index < -0.39 is 0 Å². The van der Waals surface area contributed by atoms with Gasteiger partial charge in [0.15, 0.2) is 0 Å². The van der Waals surface area contributed by atoms with Crippen molar-refractivity contribution in [2.75, 3.05) is 12.8 Å². The van der Waals surface area contributed by atoms with E-state index in [1.54, 1.807) is 12.3 Å². The number of aryl methyl sites for hydroxylation is 2. The van der Waals surface area contributed by atoms with E-state index >= 15 is 0 Å². The van der Waals surface area contributed by atoms with Crippen molar-refractivity contribution < 1.29 is 13.6 Å². The quantitative estimate of drug-likeness (QED) is 0.613. The molecule has 2 aromatic heterocycles. The Hall–Kier alpha value is -2.54. The number of nitrogens with zero attached hydrogens (tertiary/aromatic N) is 3. The molecule has 0 aliphatic heterocycles. The van der Waals surface area contributed by atoms with Gasteiger partial charge < -0.3 is 13.7 Å². The van der Waals surface area contributed by atoms with Crippen LogP contribution in [0.1, 0.15) is 35.8 Å². The minimum absolute atomic E-state index is 0.0564. The second kappa shape index (κ2) is 7.60. The van der Waals surface area contributed by atoms with Crippen LogP contribution in [-0.2, 0) is 11.2 Å². The number of carbonyl (C=O) groups excluding carboxylic acids is 1. The van der Waals surface area contributed by atoms with Crippen molar-refractivity contribution in [3.8, 4) is 11.5 Å². The summed E-state index contributed by atoms with van der Waals surface area (Å²) in [5.41, 5.74) is 3.38. The van der Waals surface area contributed by atoms with Gasteiger partial charge in [0.2, 0.25) is 5.91 Å². The maximum absolute atomic E-state index is 12.7. The average Bonchev–Trinajstić information content (AvgIpc) is 3.33. The molecule has 0 bridgehead atoms. The average molecular weight is 383 g/mol. The fourth-order valence-electron chi connectivity index (χ4n) is 3.51. The molecule has 2 heterocycles. The molecule has 1 aliphatic carbocycles. The third-order valence-electron chi connectivity index (χ3n) is 5.01. The first-order valence-electron chi connectivity index (χ1n) is 8.97. The minimum atomic E-state index is 0.0564. The normalized spacial score (nSPS) is 16.1. The van der Waals surface area contributed by atoms with Crippen LogP contribution in [0.3, 0.4) is 0 Å². The molecule has 27 heavy (non-hydrogen) atoms. The monoisotopic (exact) mass is 383 g/mol. The van der Waals surface area contributed by atoms with Gasteiger partial charge in [-0.25, -0.2) is 0 Å². The summed E-state index contributed by atoms with van der Waals surface area (Å²) in [6.07, 6.45) is 4.77. The molecular formula is C20H21N3O3S. The number of aromatic nitrogens is 2. The third-order valence-corrected chi connectivity index (χ3v) is 5.82. The van der Waals surface area contributed by atoms with E-state index in [0.29, 0.717) is 11.1 Å². The van der Waals surface area contributed by atoms with Crippen LogP contribution in [0.2, 0.25) is 0 Å². The van der Waals surface area contributed by atoms with Crippen molar-refractivity contribution in [3.05, 3.63) is 53.5 Å². The molecule has 6 nitrogen and oxygen atoms in total. The first-order valence-corrected chi connectivity index (χ1v) is 9.96. The van der Waals surface area contributed by atoms with Crippen LogP contribution in [0.5, 0.6) is 0 Å². The maximum atomic E-state index is 12.7. The molecule has 140 valence electrons. The Morgan fingerprint density at radius 2 is 2.15 bits per heavy atom. The van der Waals surface area contributed by atoms with Crippen molar-refractivity contribution in [3.63, 3.8) is 0 Å². The lowest BCUT2D eigenvalue weighted by Gasteiger charge is -2.33. The molecule has 0 N–H and O–H groups in total. The zero-order valence-electron chi connectivity index (χ0n) is 15.3. The zero-order valence-corrected chi connectivity index (χ0v) is 16.2. The van der Waals surface area contributed by atoms with Crippen molar-refractivity contribution in [1.82, 2.24) is 15.1 Å². The summed E-state index contributed by atoms with van der Waals surface area (Å²) in [6.45, 7) is 1.84. The third kappa shape index (κ3) is 3.64. The Kier molecular flexibility index (Phi) is 5.03. The predicted octanol–water partition coefficient (Wildman–Crippen LogP) is 4.27. The molecule has 0 unspecified atom stereocenters. The Morgan fingerprint density at radius 3 is 2.96 bits per heavy atom. The summed E-state index contributed by atoms with van der Waals surface area (Å²) in [5, 5.41) is 8.45. The van der Waals surface area contributed by atoms with E-state index in [4.69, 9.17) is 8.83 Å². The topological polar surface area (TPSA) is 72.4 Å². The van der Waals surface area contributed by atoms with Crippen molar-refractivity contribution in [2.24, 2.45) is 0 Å². The van der Waals surface area contributed by atoms with Crippen molar-refractivity contribution in [2.45, 2.75) is 37.5 Å². The van der Waals surface area contributed by atoms with Gasteiger partial charge in [0, 0.05) is 7.05 Å². The van der Waals surface area contributed by atoms with Gasteiger partial charge in [-0.15, -0.1) is 10.2 Å². The number of hydrogen-bond acceptors (Lipinski definition) is 6. The van der Waals surface area contributed by atoms with Crippen LogP contribution in [-0.4, -0.2) is 33.8 Å². The molecule has 0 radical (unpaired) electrons. The molecule has 1 aromatic carbocycles. The first kappa shape index (κ1) is 17.9. The van der Waals surface area contributed by atoms with Crippen LogP contribution < -0.4 is 0 Å². The van der Waals surface area contributed by atoms with Crippen LogP contribution in [0, 0.1) is 6.92 Å². The standard InChI is InChI=1S/C20H21N3O3S/c1-13-15(10-11-25-13)19-21-22-20(26-19)27-12-18(24)23(2)17-9-5-7-14-6-3-4-8-16(14)17/h3-4,6,8,10-11,17H,5,7,9,12H2,1-2H3/t17-/m0/s1. The van der Waals surface area contributed by atoms with Crippen LogP contribution in [0.15, 0.2) is 50.7 Å². The second-order valence-electron chi connectivity index (χ2n) is 6.66. The molecule has 0 saturated heterocycles. The van der Waals surface area contributed by atoms with Crippen molar-refractivity contribution >= 4 is 17.7 Å². The largest absolute Gasteiger partial charge is 0.469 e. The minimum Gasteiger partial charge on any atom is -0.469 e. The summed E-state index contributed by atoms with van der Waals surface area (Å²) in [6, 6.07) is 10.3. The Bertz CT molecular complexity index is 949. The van der Waals surface area contributed by atoms with Gasteiger partial charge >= 0.3 is 0 Å². The summed E-state index contributed by atoms with van der Waals surface area (Å²) in [7, 11) is 1.88. The molecule has 4 rings (SSSR count). The first-order chi connectivity index (χ1) is 13.1. The fourth-order valence-corrected chi connectivity index (χ4v) is 4.20. The maximum Gasteiger partial charge on any atom is 0.277 e. The van der Waals surface area contributed by atoms with Gasteiger partial charge in [0.25, 0.3) is 11.1 Å². The van der Waals surface area contributed by atoms with E-state index in [2.05, 4.69) is 28.4 Å². The molecule has 0 spiro atoms. The highest BCUT2D eigenvalue weighted by Gasteiger charge is 2.26. The molecule has 0 fully saturated rings. The van der Waals surface area contributed by atoms with E-state index in [9.17, 15) is 4.79 Å². The van der Waals surface area contributed by atoms with Crippen molar-refractivity contribution in [1.29, 1.82) is 0 Å². The Labute approximate surface area is 162 Å². The predicted molar refractivity (Wildman–Crippen MR) is 102 cm³/mol. The highest BCUT2D eigenvalue weighted by molar-refractivity contribution is 7.99. The lowest BCUT2D eigenvalue weighted by molar-refractivity contribution is -0.129.